The van der Waals surface area contributed by atoms with Crippen LogP contribution in [0.3, 0.4) is 0 Å². The van der Waals surface area contributed by atoms with Gasteiger partial charge in [-0.05, 0) is 37.0 Å². The van der Waals surface area contributed by atoms with Crippen LogP contribution in [0, 0.1) is 5.92 Å². The Morgan fingerprint density at radius 3 is 2.78 bits per heavy atom. The summed E-state index contributed by atoms with van der Waals surface area (Å²) in [5, 5.41) is 3.03. The summed E-state index contributed by atoms with van der Waals surface area (Å²) in [6.45, 7) is 0.518. The maximum atomic E-state index is 12.1. The molecular formula is C14H21N3O. The van der Waals surface area contributed by atoms with E-state index in [0.717, 1.165) is 5.69 Å². The number of nitrogens with two attached hydrogens (primary N) is 1. The summed E-state index contributed by atoms with van der Waals surface area (Å²) in [7, 11) is 3.92. The molecule has 1 aromatic carbocycles. The van der Waals surface area contributed by atoms with Crippen molar-refractivity contribution in [2.75, 3.05) is 25.5 Å². The molecule has 1 fully saturated rings. The van der Waals surface area contributed by atoms with Crippen molar-refractivity contribution in [3.63, 3.8) is 0 Å². The summed E-state index contributed by atoms with van der Waals surface area (Å²) in [5.41, 5.74) is 7.42. The molecule has 3 N–H and O–H groups in total. The molecule has 2 rings (SSSR count). The molecule has 1 saturated carbocycles. The van der Waals surface area contributed by atoms with Gasteiger partial charge in [0.25, 0.3) is 5.91 Å². The highest BCUT2D eigenvalue weighted by Crippen LogP contribution is 2.32. The fourth-order valence-electron chi connectivity index (χ4n) is 2.04. The Hall–Kier alpha value is -1.55. The predicted octanol–water partition coefficient (Wildman–Crippen LogP) is 1.22. The van der Waals surface area contributed by atoms with E-state index in [1.165, 1.54) is 12.8 Å². The lowest BCUT2D eigenvalue weighted by Gasteiger charge is -2.17. The van der Waals surface area contributed by atoms with Gasteiger partial charge in [-0.15, -0.1) is 0 Å². The number of hydrogen-bond acceptors (Lipinski definition) is 3. The van der Waals surface area contributed by atoms with Crippen molar-refractivity contribution in [1.29, 1.82) is 0 Å². The first-order valence-corrected chi connectivity index (χ1v) is 6.40. The number of anilines is 1. The SMILES string of the molecule is CN(C)c1cccc(C(=O)NC(CN)C2CC2)c1. The van der Waals surface area contributed by atoms with Gasteiger partial charge in [0.15, 0.2) is 0 Å². The molecule has 1 aromatic rings. The summed E-state index contributed by atoms with van der Waals surface area (Å²) < 4.78 is 0. The third kappa shape index (κ3) is 3.01. The average Bonchev–Trinajstić information content (AvgIpc) is 3.20. The van der Waals surface area contributed by atoms with Crippen LogP contribution in [-0.4, -0.2) is 32.6 Å². The van der Waals surface area contributed by atoms with Gasteiger partial charge >= 0.3 is 0 Å². The van der Waals surface area contributed by atoms with Crippen molar-refractivity contribution in [3.8, 4) is 0 Å². The Labute approximate surface area is 108 Å². The van der Waals surface area contributed by atoms with Gasteiger partial charge in [0.2, 0.25) is 0 Å². The van der Waals surface area contributed by atoms with Gasteiger partial charge in [-0.25, -0.2) is 0 Å². The van der Waals surface area contributed by atoms with Gasteiger partial charge in [-0.1, -0.05) is 6.07 Å². The van der Waals surface area contributed by atoms with Gasteiger partial charge in [0, 0.05) is 37.9 Å². The maximum absolute atomic E-state index is 12.1. The third-order valence-electron chi connectivity index (χ3n) is 3.39. The second-order valence-corrected chi connectivity index (χ2v) is 5.10. The summed E-state index contributed by atoms with van der Waals surface area (Å²) in [6, 6.07) is 7.75. The average molecular weight is 247 g/mol. The highest BCUT2D eigenvalue weighted by atomic mass is 16.1. The van der Waals surface area contributed by atoms with Crippen LogP contribution in [0.2, 0.25) is 0 Å². The molecular weight excluding hydrogens is 226 g/mol. The normalized spacial score (nSPS) is 16.2. The lowest BCUT2D eigenvalue weighted by atomic mass is 10.1. The minimum Gasteiger partial charge on any atom is -0.378 e. The number of hydrogen-bond donors (Lipinski definition) is 2. The molecule has 98 valence electrons. The Bertz CT molecular complexity index is 427. The molecule has 0 heterocycles. The molecule has 18 heavy (non-hydrogen) atoms. The van der Waals surface area contributed by atoms with Crippen molar-refractivity contribution in [1.82, 2.24) is 5.32 Å². The topological polar surface area (TPSA) is 58.4 Å². The molecule has 1 aliphatic carbocycles. The van der Waals surface area contributed by atoms with Crippen LogP contribution in [0.4, 0.5) is 5.69 Å². The predicted molar refractivity (Wildman–Crippen MR) is 73.8 cm³/mol. The fraction of sp³-hybridized carbons (Fsp3) is 0.500. The summed E-state index contributed by atoms with van der Waals surface area (Å²) >= 11 is 0. The smallest absolute Gasteiger partial charge is 0.251 e. The Balaban J connectivity index is 2.05. The van der Waals surface area contributed by atoms with Crippen LogP contribution in [0.5, 0.6) is 0 Å². The standard InChI is InChI=1S/C14H21N3O/c1-17(2)12-5-3-4-11(8-12)14(18)16-13(9-15)10-6-7-10/h3-5,8,10,13H,6-7,9,15H2,1-2H3,(H,16,18). The summed E-state index contributed by atoms with van der Waals surface area (Å²) in [5.74, 6) is 0.553. The molecule has 0 aliphatic heterocycles. The van der Waals surface area contributed by atoms with E-state index in [4.69, 9.17) is 5.73 Å². The van der Waals surface area contributed by atoms with Crippen LogP contribution < -0.4 is 16.0 Å². The quantitative estimate of drug-likeness (QED) is 0.822. The van der Waals surface area contributed by atoms with Gasteiger partial charge in [0.05, 0.1) is 0 Å². The first-order valence-electron chi connectivity index (χ1n) is 6.40. The highest BCUT2D eigenvalue weighted by Gasteiger charge is 2.31. The number of amides is 1. The van der Waals surface area contributed by atoms with E-state index >= 15 is 0 Å². The van der Waals surface area contributed by atoms with Crippen molar-refractivity contribution >= 4 is 11.6 Å². The zero-order chi connectivity index (χ0) is 13.1. The molecule has 0 radical (unpaired) electrons. The van der Waals surface area contributed by atoms with Crippen LogP contribution in [-0.2, 0) is 0 Å². The fourth-order valence-corrected chi connectivity index (χ4v) is 2.04. The molecule has 1 atom stereocenters. The van der Waals surface area contributed by atoms with E-state index in [1.54, 1.807) is 0 Å². The Morgan fingerprint density at radius 2 is 2.22 bits per heavy atom. The Kier molecular flexibility index (Phi) is 3.87. The van der Waals surface area contributed by atoms with E-state index < -0.39 is 0 Å². The number of carbonyl (C=O) groups excluding carboxylic acids is 1. The summed E-state index contributed by atoms with van der Waals surface area (Å²) in [4.78, 5) is 14.1. The zero-order valence-corrected chi connectivity index (χ0v) is 11.0. The van der Waals surface area contributed by atoms with Crippen LogP contribution in [0.25, 0.3) is 0 Å². The molecule has 0 spiro atoms. The first-order chi connectivity index (χ1) is 8.61. The summed E-state index contributed by atoms with van der Waals surface area (Å²) in [6.07, 6.45) is 2.36. The maximum Gasteiger partial charge on any atom is 0.251 e. The van der Waals surface area contributed by atoms with Crippen molar-refractivity contribution in [2.45, 2.75) is 18.9 Å². The van der Waals surface area contributed by atoms with E-state index in [1.807, 2.05) is 43.3 Å². The lowest BCUT2D eigenvalue weighted by molar-refractivity contribution is 0.0933. The molecule has 4 nitrogen and oxygen atoms in total. The largest absolute Gasteiger partial charge is 0.378 e. The zero-order valence-electron chi connectivity index (χ0n) is 11.0. The minimum atomic E-state index is -0.0268. The molecule has 4 heteroatoms. The van der Waals surface area contributed by atoms with Gasteiger partial charge in [-0.3, -0.25) is 4.79 Å². The van der Waals surface area contributed by atoms with Crippen molar-refractivity contribution < 1.29 is 4.79 Å². The van der Waals surface area contributed by atoms with E-state index in [9.17, 15) is 4.79 Å². The third-order valence-corrected chi connectivity index (χ3v) is 3.39. The second kappa shape index (κ2) is 5.40. The Morgan fingerprint density at radius 1 is 1.50 bits per heavy atom. The first kappa shape index (κ1) is 12.9. The van der Waals surface area contributed by atoms with Crippen LogP contribution >= 0.6 is 0 Å². The van der Waals surface area contributed by atoms with Gasteiger partial charge in [0.1, 0.15) is 0 Å². The number of carbonyl (C=O) groups is 1. The number of benzene rings is 1. The van der Waals surface area contributed by atoms with Crippen molar-refractivity contribution in [3.05, 3.63) is 29.8 Å². The van der Waals surface area contributed by atoms with Crippen molar-refractivity contribution in [2.24, 2.45) is 11.7 Å². The molecule has 0 saturated heterocycles. The number of rotatable bonds is 5. The van der Waals surface area contributed by atoms with Gasteiger partial charge < -0.3 is 16.0 Å². The van der Waals surface area contributed by atoms with E-state index in [-0.39, 0.29) is 11.9 Å². The molecule has 0 bridgehead atoms. The van der Waals surface area contributed by atoms with Gasteiger partial charge in [-0.2, -0.15) is 0 Å². The number of nitrogens with zero attached hydrogens (tertiary/aromatic N) is 1. The molecule has 1 amide bonds. The second-order valence-electron chi connectivity index (χ2n) is 5.10. The van der Waals surface area contributed by atoms with E-state index in [0.29, 0.717) is 18.0 Å². The van der Waals surface area contributed by atoms with Crippen LogP contribution in [0.1, 0.15) is 23.2 Å². The molecule has 0 aromatic heterocycles. The molecule has 1 unspecified atom stereocenters. The minimum absolute atomic E-state index is 0.0268. The highest BCUT2D eigenvalue weighted by molar-refractivity contribution is 5.95. The number of nitrogens with one attached hydrogen (secondary N) is 1. The van der Waals surface area contributed by atoms with E-state index in [2.05, 4.69) is 5.32 Å². The monoisotopic (exact) mass is 247 g/mol. The molecule has 1 aliphatic rings. The lowest BCUT2D eigenvalue weighted by Crippen LogP contribution is -2.41. The van der Waals surface area contributed by atoms with Crippen LogP contribution in [0.15, 0.2) is 24.3 Å².